The van der Waals surface area contributed by atoms with Crippen LogP contribution in [0.1, 0.15) is 16.7 Å². The van der Waals surface area contributed by atoms with Crippen molar-refractivity contribution in [1.82, 2.24) is 5.32 Å². The Hall–Kier alpha value is -1.87. The van der Waals surface area contributed by atoms with E-state index in [0.717, 1.165) is 11.3 Å². The van der Waals surface area contributed by atoms with Crippen molar-refractivity contribution in [3.8, 4) is 5.75 Å². The molecule has 0 unspecified atom stereocenters. The largest absolute Gasteiger partial charge is 0.496 e. The summed E-state index contributed by atoms with van der Waals surface area (Å²) in [5, 5.41) is 3.24. The quantitative estimate of drug-likeness (QED) is 0.888. The van der Waals surface area contributed by atoms with Crippen molar-refractivity contribution in [3.05, 3.63) is 65.0 Å². The Kier molecular flexibility index (Phi) is 4.53. The molecular weight excluding hydrogens is 241 g/mol. The van der Waals surface area contributed by atoms with Gasteiger partial charge in [-0.25, -0.2) is 4.39 Å². The van der Waals surface area contributed by atoms with Crippen molar-refractivity contribution < 1.29 is 9.13 Å². The number of hydrogen-bond acceptors (Lipinski definition) is 2. The number of rotatable bonds is 5. The molecule has 0 radical (unpaired) electrons. The highest BCUT2D eigenvalue weighted by Crippen LogP contribution is 2.19. The number of nitrogens with one attached hydrogen (secondary N) is 1. The second kappa shape index (κ2) is 6.34. The van der Waals surface area contributed by atoms with Crippen LogP contribution in [-0.2, 0) is 13.1 Å². The second-order valence-corrected chi connectivity index (χ2v) is 4.51. The van der Waals surface area contributed by atoms with Crippen LogP contribution in [0.5, 0.6) is 5.75 Å². The molecule has 2 aromatic carbocycles. The third-order valence-corrected chi connectivity index (χ3v) is 3.02. The van der Waals surface area contributed by atoms with Gasteiger partial charge in [0, 0.05) is 24.2 Å². The van der Waals surface area contributed by atoms with E-state index in [4.69, 9.17) is 4.74 Å². The summed E-state index contributed by atoms with van der Waals surface area (Å²) in [5.41, 5.74) is 2.94. The third-order valence-electron chi connectivity index (χ3n) is 3.02. The van der Waals surface area contributed by atoms with Crippen LogP contribution >= 0.6 is 0 Å². The van der Waals surface area contributed by atoms with E-state index < -0.39 is 0 Å². The smallest absolute Gasteiger partial charge is 0.127 e. The van der Waals surface area contributed by atoms with Crippen molar-refractivity contribution in [1.29, 1.82) is 0 Å². The highest BCUT2D eigenvalue weighted by molar-refractivity contribution is 5.36. The fourth-order valence-corrected chi connectivity index (χ4v) is 2.02. The van der Waals surface area contributed by atoms with Crippen molar-refractivity contribution in [3.63, 3.8) is 0 Å². The van der Waals surface area contributed by atoms with Gasteiger partial charge in [0.1, 0.15) is 11.6 Å². The van der Waals surface area contributed by atoms with Gasteiger partial charge < -0.3 is 10.1 Å². The molecule has 2 rings (SSSR count). The van der Waals surface area contributed by atoms with Crippen molar-refractivity contribution in [2.75, 3.05) is 7.11 Å². The lowest BCUT2D eigenvalue weighted by Crippen LogP contribution is -2.14. The summed E-state index contributed by atoms with van der Waals surface area (Å²) >= 11 is 0. The van der Waals surface area contributed by atoms with Gasteiger partial charge in [0.25, 0.3) is 0 Å². The SMILES string of the molecule is COc1ccc(C)cc1CNCc1ccccc1F. The molecule has 0 aliphatic heterocycles. The van der Waals surface area contributed by atoms with Gasteiger partial charge in [-0.1, -0.05) is 35.9 Å². The lowest BCUT2D eigenvalue weighted by molar-refractivity contribution is 0.407. The molecule has 100 valence electrons. The van der Waals surface area contributed by atoms with Crippen LogP contribution in [0.25, 0.3) is 0 Å². The van der Waals surface area contributed by atoms with Crippen LogP contribution in [0.4, 0.5) is 4.39 Å². The maximum Gasteiger partial charge on any atom is 0.127 e. The summed E-state index contributed by atoms with van der Waals surface area (Å²) in [7, 11) is 1.66. The Labute approximate surface area is 113 Å². The van der Waals surface area contributed by atoms with Crippen LogP contribution in [0.15, 0.2) is 42.5 Å². The average Bonchev–Trinajstić information content (AvgIpc) is 2.41. The molecule has 19 heavy (non-hydrogen) atoms. The minimum atomic E-state index is -0.175. The molecule has 0 aliphatic carbocycles. The van der Waals surface area contributed by atoms with E-state index in [1.165, 1.54) is 11.6 Å². The summed E-state index contributed by atoms with van der Waals surface area (Å²) in [5.74, 6) is 0.679. The summed E-state index contributed by atoms with van der Waals surface area (Å²) in [4.78, 5) is 0. The fraction of sp³-hybridized carbons (Fsp3) is 0.250. The Morgan fingerprint density at radius 2 is 1.79 bits per heavy atom. The van der Waals surface area contributed by atoms with E-state index in [9.17, 15) is 4.39 Å². The number of ether oxygens (including phenoxy) is 1. The molecule has 0 bridgehead atoms. The monoisotopic (exact) mass is 259 g/mol. The summed E-state index contributed by atoms with van der Waals surface area (Å²) in [6, 6.07) is 12.8. The zero-order valence-corrected chi connectivity index (χ0v) is 11.2. The van der Waals surface area contributed by atoms with E-state index in [1.807, 2.05) is 25.1 Å². The number of methoxy groups -OCH3 is 1. The number of halogens is 1. The van der Waals surface area contributed by atoms with E-state index in [-0.39, 0.29) is 5.82 Å². The van der Waals surface area contributed by atoms with Gasteiger partial charge in [0.15, 0.2) is 0 Å². The first kappa shape index (κ1) is 13.6. The zero-order chi connectivity index (χ0) is 13.7. The van der Waals surface area contributed by atoms with Crippen molar-refractivity contribution in [2.45, 2.75) is 20.0 Å². The minimum absolute atomic E-state index is 0.175. The Morgan fingerprint density at radius 3 is 2.53 bits per heavy atom. The first-order chi connectivity index (χ1) is 9.20. The molecule has 0 saturated carbocycles. The average molecular weight is 259 g/mol. The molecule has 0 spiro atoms. The second-order valence-electron chi connectivity index (χ2n) is 4.51. The maximum absolute atomic E-state index is 13.5. The molecular formula is C16H18FNO. The van der Waals surface area contributed by atoms with E-state index in [2.05, 4.69) is 11.4 Å². The van der Waals surface area contributed by atoms with Crippen LogP contribution in [0.2, 0.25) is 0 Å². The molecule has 0 atom stereocenters. The number of aryl methyl sites for hydroxylation is 1. The Bertz CT molecular complexity index is 554. The maximum atomic E-state index is 13.5. The Morgan fingerprint density at radius 1 is 1.05 bits per heavy atom. The van der Waals surface area contributed by atoms with Gasteiger partial charge in [-0.05, 0) is 19.1 Å². The zero-order valence-electron chi connectivity index (χ0n) is 11.2. The minimum Gasteiger partial charge on any atom is -0.496 e. The van der Waals surface area contributed by atoms with Crippen molar-refractivity contribution in [2.24, 2.45) is 0 Å². The van der Waals surface area contributed by atoms with Gasteiger partial charge in [-0.3, -0.25) is 0 Å². The topological polar surface area (TPSA) is 21.3 Å². The molecule has 0 saturated heterocycles. The molecule has 0 heterocycles. The molecule has 3 heteroatoms. The molecule has 0 aliphatic rings. The van der Waals surface area contributed by atoms with Gasteiger partial charge in [-0.2, -0.15) is 0 Å². The van der Waals surface area contributed by atoms with Crippen LogP contribution in [-0.4, -0.2) is 7.11 Å². The standard InChI is InChI=1S/C16H18FNO/c1-12-7-8-16(19-2)14(9-12)11-18-10-13-5-3-4-6-15(13)17/h3-9,18H,10-11H2,1-2H3. The number of benzene rings is 2. The molecule has 2 aromatic rings. The molecule has 1 N–H and O–H groups in total. The van der Waals surface area contributed by atoms with Crippen LogP contribution < -0.4 is 10.1 Å². The van der Waals surface area contributed by atoms with E-state index in [1.54, 1.807) is 19.2 Å². The number of hydrogen-bond donors (Lipinski definition) is 1. The predicted octanol–water partition coefficient (Wildman–Crippen LogP) is 3.43. The summed E-state index contributed by atoms with van der Waals surface area (Å²) in [6.07, 6.45) is 0. The normalized spacial score (nSPS) is 10.5. The Balaban J connectivity index is 2.00. The lowest BCUT2D eigenvalue weighted by atomic mass is 10.1. The van der Waals surface area contributed by atoms with Crippen LogP contribution in [0.3, 0.4) is 0 Å². The molecule has 0 amide bonds. The fourth-order valence-electron chi connectivity index (χ4n) is 2.02. The molecule has 0 fully saturated rings. The first-order valence-corrected chi connectivity index (χ1v) is 6.28. The van der Waals surface area contributed by atoms with Crippen molar-refractivity contribution >= 4 is 0 Å². The molecule has 0 aromatic heterocycles. The van der Waals surface area contributed by atoms with E-state index in [0.29, 0.717) is 18.7 Å². The lowest BCUT2D eigenvalue weighted by Gasteiger charge is -2.11. The summed E-state index contributed by atoms with van der Waals surface area (Å²) in [6.45, 7) is 3.20. The van der Waals surface area contributed by atoms with Crippen LogP contribution in [0, 0.1) is 12.7 Å². The third kappa shape index (κ3) is 3.55. The van der Waals surface area contributed by atoms with E-state index >= 15 is 0 Å². The summed E-state index contributed by atoms with van der Waals surface area (Å²) < 4.78 is 18.8. The van der Waals surface area contributed by atoms with Gasteiger partial charge >= 0.3 is 0 Å². The highest BCUT2D eigenvalue weighted by atomic mass is 19.1. The highest BCUT2D eigenvalue weighted by Gasteiger charge is 2.04. The van der Waals surface area contributed by atoms with Gasteiger partial charge in [0.05, 0.1) is 7.11 Å². The first-order valence-electron chi connectivity index (χ1n) is 6.28. The van der Waals surface area contributed by atoms with Gasteiger partial charge in [0.2, 0.25) is 0 Å². The predicted molar refractivity (Wildman–Crippen MR) is 74.7 cm³/mol. The molecule has 2 nitrogen and oxygen atoms in total. The van der Waals surface area contributed by atoms with Gasteiger partial charge in [-0.15, -0.1) is 0 Å².